The topological polar surface area (TPSA) is 58.9 Å². The van der Waals surface area contributed by atoms with E-state index in [4.69, 9.17) is 9.47 Å². The molecule has 4 heteroatoms. The predicted octanol–water partition coefficient (Wildman–Crippen LogP) is 0.173. The monoisotopic (exact) mass is 204 g/mol. The van der Waals surface area contributed by atoms with Crippen molar-refractivity contribution in [3.63, 3.8) is 0 Å². The van der Waals surface area contributed by atoms with Crippen molar-refractivity contribution < 1.29 is 19.7 Å². The fraction of sp³-hybridized carbons (Fsp3) is 1.00. The minimum absolute atomic E-state index is 0.0721. The fourth-order valence-electron chi connectivity index (χ4n) is 1.96. The van der Waals surface area contributed by atoms with Crippen molar-refractivity contribution in [3.05, 3.63) is 0 Å². The van der Waals surface area contributed by atoms with Gasteiger partial charge in [0.2, 0.25) is 0 Å². The van der Waals surface area contributed by atoms with Crippen LogP contribution >= 0.6 is 0 Å². The highest BCUT2D eigenvalue weighted by Gasteiger charge is 2.47. The quantitative estimate of drug-likeness (QED) is 0.685. The zero-order valence-corrected chi connectivity index (χ0v) is 8.95. The number of hydrogen-bond acceptors (Lipinski definition) is 4. The van der Waals surface area contributed by atoms with Gasteiger partial charge in [-0.2, -0.15) is 0 Å². The smallest absolute Gasteiger partial charge is 0.0788 e. The van der Waals surface area contributed by atoms with Crippen LogP contribution < -0.4 is 0 Å². The summed E-state index contributed by atoms with van der Waals surface area (Å²) in [7, 11) is 1.58. The first-order chi connectivity index (χ1) is 6.58. The van der Waals surface area contributed by atoms with Gasteiger partial charge in [-0.1, -0.05) is 6.92 Å². The normalized spacial score (nSPS) is 25.7. The molecule has 0 aromatic carbocycles. The molecular formula is C10H20O4. The van der Waals surface area contributed by atoms with E-state index in [-0.39, 0.29) is 6.61 Å². The third kappa shape index (κ3) is 2.08. The molecule has 1 rings (SSSR count). The van der Waals surface area contributed by atoms with Crippen molar-refractivity contribution in [3.8, 4) is 0 Å². The molecule has 0 bridgehead atoms. The van der Waals surface area contributed by atoms with E-state index in [0.29, 0.717) is 32.7 Å². The number of methoxy groups -OCH3 is 1. The van der Waals surface area contributed by atoms with Crippen LogP contribution in [0.4, 0.5) is 0 Å². The first kappa shape index (κ1) is 11.9. The third-order valence-corrected chi connectivity index (χ3v) is 3.26. The van der Waals surface area contributed by atoms with Crippen LogP contribution in [-0.2, 0) is 9.47 Å². The zero-order valence-electron chi connectivity index (χ0n) is 8.95. The van der Waals surface area contributed by atoms with Crippen molar-refractivity contribution >= 4 is 0 Å². The molecule has 1 aliphatic heterocycles. The van der Waals surface area contributed by atoms with Crippen LogP contribution in [0.1, 0.15) is 19.8 Å². The number of aliphatic hydroxyl groups excluding tert-OH is 1. The molecule has 0 aliphatic carbocycles. The SMILES string of the molecule is COCC(C)(CO)C1(O)CCOCC1. The van der Waals surface area contributed by atoms with Crippen LogP contribution in [0.15, 0.2) is 0 Å². The molecule has 1 fully saturated rings. The fourth-order valence-corrected chi connectivity index (χ4v) is 1.96. The first-order valence-electron chi connectivity index (χ1n) is 4.98. The van der Waals surface area contributed by atoms with E-state index in [0.717, 1.165) is 0 Å². The van der Waals surface area contributed by atoms with Crippen LogP contribution in [0.2, 0.25) is 0 Å². The predicted molar refractivity (Wildman–Crippen MR) is 52.1 cm³/mol. The highest BCUT2D eigenvalue weighted by molar-refractivity contribution is 4.97. The first-order valence-corrected chi connectivity index (χ1v) is 4.98. The Morgan fingerprint density at radius 3 is 2.43 bits per heavy atom. The average Bonchev–Trinajstić information content (AvgIpc) is 2.19. The summed E-state index contributed by atoms with van der Waals surface area (Å²) in [4.78, 5) is 0. The Morgan fingerprint density at radius 2 is 2.00 bits per heavy atom. The molecule has 0 spiro atoms. The Kier molecular flexibility index (Phi) is 3.89. The summed E-state index contributed by atoms with van der Waals surface area (Å²) >= 11 is 0. The van der Waals surface area contributed by atoms with Gasteiger partial charge in [-0.15, -0.1) is 0 Å². The maximum absolute atomic E-state index is 10.4. The molecular weight excluding hydrogens is 184 g/mol. The van der Waals surface area contributed by atoms with Gasteiger partial charge in [0, 0.05) is 38.6 Å². The highest BCUT2D eigenvalue weighted by Crippen LogP contribution is 2.38. The van der Waals surface area contributed by atoms with Crippen LogP contribution in [0.5, 0.6) is 0 Å². The molecule has 14 heavy (non-hydrogen) atoms. The Hall–Kier alpha value is -0.160. The van der Waals surface area contributed by atoms with Crippen molar-refractivity contribution in [2.45, 2.75) is 25.4 Å². The van der Waals surface area contributed by atoms with E-state index in [1.54, 1.807) is 7.11 Å². The van der Waals surface area contributed by atoms with Crippen molar-refractivity contribution in [1.82, 2.24) is 0 Å². The largest absolute Gasteiger partial charge is 0.396 e. The van der Waals surface area contributed by atoms with Gasteiger partial charge in [-0.3, -0.25) is 0 Å². The van der Waals surface area contributed by atoms with E-state index in [9.17, 15) is 10.2 Å². The molecule has 1 aliphatic rings. The van der Waals surface area contributed by atoms with Gasteiger partial charge in [0.05, 0.1) is 18.8 Å². The Bertz CT molecular complexity index is 169. The van der Waals surface area contributed by atoms with Gasteiger partial charge >= 0.3 is 0 Å². The molecule has 1 unspecified atom stereocenters. The third-order valence-electron chi connectivity index (χ3n) is 3.26. The maximum Gasteiger partial charge on any atom is 0.0788 e. The number of hydrogen-bond donors (Lipinski definition) is 2. The lowest BCUT2D eigenvalue weighted by Gasteiger charge is -2.45. The van der Waals surface area contributed by atoms with Crippen LogP contribution in [-0.4, -0.2) is 49.4 Å². The molecule has 1 heterocycles. The van der Waals surface area contributed by atoms with Gasteiger partial charge in [0.1, 0.15) is 0 Å². The highest BCUT2D eigenvalue weighted by atomic mass is 16.5. The Morgan fingerprint density at radius 1 is 1.43 bits per heavy atom. The number of rotatable bonds is 4. The number of aliphatic hydroxyl groups is 2. The summed E-state index contributed by atoms with van der Waals surface area (Å²) in [5.41, 5.74) is -1.46. The summed E-state index contributed by atoms with van der Waals surface area (Å²) in [5, 5.41) is 19.8. The van der Waals surface area contributed by atoms with Gasteiger partial charge in [-0.05, 0) is 0 Å². The second kappa shape index (κ2) is 4.57. The van der Waals surface area contributed by atoms with Crippen LogP contribution in [0.25, 0.3) is 0 Å². The second-order valence-electron chi connectivity index (χ2n) is 4.30. The molecule has 1 atom stereocenters. The average molecular weight is 204 g/mol. The zero-order chi connectivity index (χ0) is 10.7. The summed E-state index contributed by atoms with van der Waals surface area (Å²) in [6.07, 6.45) is 1.13. The lowest BCUT2D eigenvalue weighted by molar-refractivity contribution is -0.170. The molecule has 0 amide bonds. The minimum Gasteiger partial charge on any atom is -0.396 e. The molecule has 1 saturated heterocycles. The summed E-state index contributed by atoms with van der Waals surface area (Å²) in [6.45, 7) is 3.24. The van der Waals surface area contributed by atoms with Crippen molar-refractivity contribution in [2.75, 3.05) is 33.5 Å². The summed E-state index contributed by atoms with van der Waals surface area (Å²) < 4.78 is 10.3. The van der Waals surface area contributed by atoms with Gasteiger partial charge in [0.25, 0.3) is 0 Å². The van der Waals surface area contributed by atoms with E-state index >= 15 is 0 Å². The number of ether oxygens (including phenoxy) is 2. The van der Waals surface area contributed by atoms with Gasteiger partial charge in [0.15, 0.2) is 0 Å². The Balaban J connectivity index is 2.73. The van der Waals surface area contributed by atoms with Gasteiger partial charge < -0.3 is 19.7 Å². The van der Waals surface area contributed by atoms with Crippen LogP contribution in [0.3, 0.4) is 0 Å². The van der Waals surface area contributed by atoms with E-state index < -0.39 is 11.0 Å². The van der Waals surface area contributed by atoms with E-state index in [1.807, 2.05) is 6.92 Å². The van der Waals surface area contributed by atoms with E-state index in [2.05, 4.69) is 0 Å². The van der Waals surface area contributed by atoms with Crippen LogP contribution in [0, 0.1) is 5.41 Å². The molecule has 4 nitrogen and oxygen atoms in total. The Labute approximate surface area is 84.8 Å². The maximum atomic E-state index is 10.4. The molecule has 2 N–H and O–H groups in total. The van der Waals surface area contributed by atoms with Crippen molar-refractivity contribution in [2.24, 2.45) is 5.41 Å². The van der Waals surface area contributed by atoms with Gasteiger partial charge in [-0.25, -0.2) is 0 Å². The second-order valence-corrected chi connectivity index (χ2v) is 4.30. The minimum atomic E-state index is -0.865. The molecule has 0 aromatic rings. The molecule has 84 valence electrons. The van der Waals surface area contributed by atoms with Crippen molar-refractivity contribution in [1.29, 1.82) is 0 Å². The summed E-state index contributed by atoms with van der Waals surface area (Å²) in [6, 6.07) is 0. The lowest BCUT2D eigenvalue weighted by Crippen LogP contribution is -2.54. The molecule has 0 radical (unpaired) electrons. The standard InChI is InChI=1S/C10H20O4/c1-9(7-11,8-13-2)10(12)3-5-14-6-4-10/h11-12H,3-8H2,1-2H3. The van der Waals surface area contributed by atoms with E-state index in [1.165, 1.54) is 0 Å². The lowest BCUT2D eigenvalue weighted by atomic mass is 9.70. The summed E-state index contributed by atoms with van der Waals surface area (Å²) in [5.74, 6) is 0. The molecule has 0 saturated carbocycles. The molecule has 0 aromatic heterocycles.